The second kappa shape index (κ2) is 9.10. The summed E-state index contributed by atoms with van der Waals surface area (Å²) < 4.78 is 5.72. The highest BCUT2D eigenvalue weighted by atomic mass is 32.2. The zero-order chi connectivity index (χ0) is 20.9. The molecule has 1 atom stereocenters. The van der Waals surface area contributed by atoms with E-state index in [1.54, 1.807) is 13.0 Å². The number of hydrogen-bond acceptors (Lipinski definition) is 8. The third-order valence-electron chi connectivity index (χ3n) is 4.11. The molecule has 2 N–H and O–H groups in total. The van der Waals surface area contributed by atoms with Gasteiger partial charge in [-0.1, -0.05) is 70.7 Å². The summed E-state index contributed by atoms with van der Waals surface area (Å²) in [6, 6.07) is 19.3. The summed E-state index contributed by atoms with van der Waals surface area (Å²) in [6.45, 7) is 3.81. The van der Waals surface area contributed by atoms with Crippen LogP contribution in [-0.2, 0) is 4.79 Å². The number of carbonyl (C=O) groups is 1. The minimum absolute atomic E-state index is 0.206. The van der Waals surface area contributed by atoms with Crippen molar-refractivity contribution in [3.8, 4) is 0 Å². The average Bonchev–Trinajstić information content (AvgIpc) is 3.35. The van der Waals surface area contributed by atoms with Crippen molar-refractivity contribution in [3.63, 3.8) is 0 Å². The highest BCUT2D eigenvalue weighted by Gasteiger charge is 2.25. The standard InChI is InChI=1S/C21H19N5O2S2/c1-13-7-6-10-16(11-13)22-20-24-25-21(30-20)29-18(15-8-4-3-5-9-15)19(27)23-17-12-14(2)28-26-17/h3-12,18H,1-2H3,(H,22,24)(H,23,26,27). The molecule has 0 aliphatic carbocycles. The van der Waals surface area contributed by atoms with Crippen LogP contribution < -0.4 is 10.6 Å². The fraction of sp³-hybridized carbons (Fsp3) is 0.143. The number of amides is 1. The van der Waals surface area contributed by atoms with Crippen molar-refractivity contribution in [1.29, 1.82) is 0 Å². The van der Waals surface area contributed by atoms with Crippen molar-refractivity contribution in [2.24, 2.45) is 0 Å². The smallest absolute Gasteiger partial charge is 0.243 e. The summed E-state index contributed by atoms with van der Waals surface area (Å²) in [4.78, 5) is 13.0. The first-order valence-electron chi connectivity index (χ1n) is 9.20. The van der Waals surface area contributed by atoms with Gasteiger partial charge in [0.2, 0.25) is 11.0 Å². The number of benzene rings is 2. The lowest BCUT2D eigenvalue weighted by molar-refractivity contribution is -0.115. The third-order valence-corrected chi connectivity index (χ3v) is 6.29. The topological polar surface area (TPSA) is 92.9 Å². The minimum atomic E-state index is -0.511. The molecule has 4 aromatic rings. The molecule has 2 aromatic carbocycles. The predicted molar refractivity (Wildman–Crippen MR) is 119 cm³/mol. The molecule has 0 saturated heterocycles. The van der Waals surface area contributed by atoms with Gasteiger partial charge in [-0.25, -0.2) is 0 Å². The van der Waals surface area contributed by atoms with Gasteiger partial charge in [-0.3, -0.25) is 4.79 Å². The molecule has 7 nitrogen and oxygen atoms in total. The van der Waals surface area contributed by atoms with Crippen LogP contribution >= 0.6 is 23.1 Å². The molecule has 0 saturated carbocycles. The van der Waals surface area contributed by atoms with Gasteiger partial charge in [0.25, 0.3) is 0 Å². The minimum Gasteiger partial charge on any atom is -0.360 e. The number of thioether (sulfide) groups is 1. The van der Waals surface area contributed by atoms with Crippen LogP contribution in [0.15, 0.2) is 69.5 Å². The average molecular weight is 438 g/mol. The van der Waals surface area contributed by atoms with E-state index in [2.05, 4.69) is 26.0 Å². The van der Waals surface area contributed by atoms with E-state index in [0.29, 0.717) is 21.0 Å². The van der Waals surface area contributed by atoms with Crippen LogP contribution in [-0.4, -0.2) is 21.3 Å². The fourth-order valence-electron chi connectivity index (χ4n) is 2.77. The molecule has 0 radical (unpaired) electrons. The van der Waals surface area contributed by atoms with Gasteiger partial charge >= 0.3 is 0 Å². The third kappa shape index (κ3) is 5.05. The highest BCUT2D eigenvalue weighted by Crippen LogP contribution is 2.39. The molecule has 0 bridgehead atoms. The Morgan fingerprint density at radius 3 is 2.63 bits per heavy atom. The van der Waals surface area contributed by atoms with E-state index >= 15 is 0 Å². The quantitative estimate of drug-likeness (QED) is 0.376. The van der Waals surface area contributed by atoms with E-state index in [1.807, 2.05) is 61.5 Å². The molecule has 2 heterocycles. The normalized spacial score (nSPS) is 11.8. The van der Waals surface area contributed by atoms with Gasteiger partial charge < -0.3 is 15.2 Å². The maximum atomic E-state index is 13.0. The fourth-order valence-corrected chi connectivity index (χ4v) is 4.74. The number of anilines is 3. The number of aryl methyl sites for hydroxylation is 2. The van der Waals surface area contributed by atoms with Gasteiger partial charge in [0.15, 0.2) is 10.2 Å². The van der Waals surface area contributed by atoms with Crippen molar-refractivity contribution in [3.05, 3.63) is 77.6 Å². The lowest BCUT2D eigenvalue weighted by Gasteiger charge is -2.14. The molecule has 0 spiro atoms. The Labute approximate surface area is 181 Å². The van der Waals surface area contributed by atoms with Crippen molar-refractivity contribution in [1.82, 2.24) is 15.4 Å². The van der Waals surface area contributed by atoms with Crippen LogP contribution in [0.2, 0.25) is 0 Å². The molecule has 0 fully saturated rings. The van der Waals surface area contributed by atoms with Crippen LogP contribution in [0.1, 0.15) is 22.1 Å². The number of aromatic nitrogens is 3. The zero-order valence-electron chi connectivity index (χ0n) is 16.3. The molecule has 0 aliphatic rings. The zero-order valence-corrected chi connectivity index (χ0v) is 18.0. The summed E-state index contributed by atoms with van der Waals surface area (Å²) in [5.41, 5.74) is 2.97. The van der Waals surface area contributed by atoms with Crippen LogP contribution in [0, 0.1) is 13.8 Å². The van der Waals surface area contributed by atoms with E-state index in [4.69, 9.17) is 4.52 Å². The second-order valence-electron chi connectivity index (χ2n) is 6.59. The van der Waals surface area contributed by atoms with Crippen molar-refractivity contribution >= 4 is 45.6 Å². The molecular formula is C21H19N5O2S2. The Hall–Kier alpha value is -3.17. The lowest BCUT2D eigenvalue weighted by Crippen LogP contribution is -2.19. The van der Waals surface area contributed by atoms with E-state index in [0.717, 1.165) is 16.8 Å². The first kappa shape index (κ1) is 20.1. The monoisotopic (exact) mass is 437 g/mol. The molecule has 30 heavy (non-hydrogen) atoms. The Morgan fingerprint density at radius 1 is 1.07 bits per heavy atom. The van der Waals surface area contributed by atoms with E-state index in [1.165, 1.54) is 23.1 Å². The Kier molecular flexibility index (Phi) is 6.10. The number of hydrogen-bond donors (Lipinski definition) is 2. The summed E-state index contributed by atoms with van der Waals surface area (Å²) in [6.07, 6.45) is 0. The lowest BCUT2D eigenvalue weighted by atomic mass is 10.1. The molecule has 2 aromatic heterocycles. The summed E-state index contributed by atoms with van der Waals surface area (Å²) >= 11 is 2.74. The predicted octanol–water partition coefficient (Wildman–Crippen LogP) is 5.36. The first-order chi connectivity index (χ1) is 14.6. The number of nitrogens with zero attached hydrogens (tertiary/aromatic N) is 3. The van der Waals surface area contributed by atoms with Crippen LogP contribution in [0.4, 0.5) is 16.6 Å². The molecule has 4 rings (SSSR count). The molecule has 152 valence electrons. The van der Waals surface area contributed by atoms with Gasteiger partial charge in [-0.15, -0.1) is 10.2 Å². The summed E-state index contributed by atoms with van der Waals surface area (Å²) in [5, 5.41) is 18.5. The van der Waals surface area contributed by atoms with Gasteiger partial charge in [0.05, 0.1) is 0 Å². The van der Waals surface area contributed by atoms with E-state index < -0.39 is 5.25 Å². The van der Waals surface area contributed by atoms with Crippen molar-refractivity contribution < 1.29 is 9.32 Å². The molecule has 9 heteroatoms. The number of carbonyl (C=O) groups excluding carboxylic acids is 1. The highest BCUT2D eigenvalue weighted by molar-refractivity contribution is 8.02. The Bertz CT molecular complexity index is 1140. The van der Waals surface area contributed by atoms with Gasteiger partial charge in [0.1, 0.15) is 11.0 Å². The molecule has 0 aliphatic heterocycles. The summed E-state index contributed by atoms with van der Waals surface area (Å²) in [7, 11) is 0. The second-order valence-corrected chi connectivity index (χ2v) is 8.92. The van der Waals surface area contributed by atoms with Gasteiger partial charge in [-0.2, -0.15) is 0 Å². The summed E-state index contributed by atoms with van der Waals surface area (Å²) in [5.74, 6) is 0.811. The maximum Gasteiger partial charge on any atom is 0.243 e. The largest absolute Gasteiger partial charge is 0.360 e. The van der Waals surface area contributed by atoms with Crippen molar-refractivity contribution in [2.45, 2.75) is 23.4 Å². The van der Waals surface area contributed by atoms with Gasteiger partial charge in [0, 0.05) is 11.8 Å². The first-order valence-corrected chi connectivity index (χ1v) is 10.9. The SMILES string of the molecule is Cc1cccc(Nc2nnc(SC(C(=O)Nc3cc(C)on3)c3ccccc3)s2)c1. The molecule has 1 amide bonds. The van der Waals surface area contributed by atoms with Crippen LogP contribution in [0.25, 0.3) is 0 Å². The maximum absolute atomic E-state index is 13.0. The van der Waals surface area contributed by atoms with E-state index in [9.17, 15) is 4.79 Å². The Morgan fingerprint density at radius 2 is 1.90 bits per heavy atom. The van der Waals surface area contributed by atoms with Crippen LogP contribution in [0.5, 0.6) is 0 Å². The number of nitrogens with one attached hydrogen (secondary N) is 2. The molecular weight excluding hydrogens is 418 g/mol. The Balaban J connectivity index is 1.52. The van der Waals surface area contributed by atoms with E-state index in [-0.39, 0.29) is 5.91 Å². The van der Waals surface area contributed by atoms with Crippen molar-refractivity contribution in [2.75, 3.05) is 10.6 Å². The van der Waals surface area contributed by atoms with Gasteiger partial charge in [-0.05, 0) is 37.1 Å². The van der Waals surface area contributed by atoms with Crippen LogP contribution in [0.3, 0.4) is 0 Å². The number of rotatable bonds is 7. The molecule has 1 unspecified atom stereocenters.